The molecule has 0 bridgehead atoms. The van der Waals surface area contributed by atoms with Crippen molar-refractivity contribution < 1.29 is 72.2 Å². The lowest BCUT2D eigenvalue weighted by Gasteiger charge is -2.12. The molecule has 31 heteroatoms. The number of carbonyl (C=O) groups excluding carboxylic acids is 3. The summed E-state index contributed by atoms with van der Waals surface area (Å²) in [6.45, 7) is 0. The van der Waals surface area contributed by atoms with E-state index >= 15 is 0 Å². The van der Waals surface area contributed by atoms with E-state index in [1.165, 1.54) is 45.6 Å². The second-order valence-electron chi connectivity index (χ2n) is 18.8. The first-order valence-electron chi connectivity index (χ1n) is 25.6. The summed E-state index contributed by atoms with van der Waals surface area (Å²) in [5, 5.41) is 21.7. The minimum absolute atomic E-state index is 0.0266. The number of nitrogens with one attached hydrogen (secondary N) is 6. The number of rotatable bonds is 11. The minimum Gasteiger partial charge on any atom is -0.481 e. The Kier molecular flexibility index (Phi) is 20.3. The Morgan fingerprint density at radius 1 is 0.556 bits per heavy atom. The van der Waals surface area contributed by atoms with E-state index in [-0.39, 0.29) is 44.5 Å². The molecule has 0 aliphatic rings. The van der Waals surface area contributed by atoms with Crippen molar-refractivity contribution in [2.24, 2.45) is 0 Å². The average molecular weight is 1490 g/mol. The maximum absolute atomic E-state index is 13.4. The van der Waals surface area contributed by atoms with Gasteiger partial charge >= 0.3 is 18.3 Å². The highest BCUT2D eigenvalue weighted by atomic mass is 79.9. The topological polar surface area (TPSA) is 268 Å². The molecule has 5 aromatic heterocycles. The van der Waals surface area contributed by atoms with E-state index in [4.69, 9.17) is 21.4 Å². The Labute approximate surface area is 537 Å². The maximum atomic E-state index is 13.4. The number of hydrogen-bond donors (Lipinski definition) is 7. The number of carboxylic acids is 1. The van der Waals surface area contributed by atoms with Gasteiger partial charge in [-0.2, -0.15) is 31.3 Å². The number of methoxy groups -OCH3 is 1. The number of halogens is 10. The van der Waals surface area contributed by atoms with E-state index in [0.717, 1.165) is 87.5 Å². The third kappa shape index (κ3) is 14.6. The molecule has 0 radical (unpaired) electrons. The molecule has 6 aromatic carbocycles. The standard InChI is InChI=1S/C23H18ClF3N4O4S.C17H12BrF3N2O3S.C10H9BrN2O.C9H6BrNO2/c1-28-22(32)17-12-31(36(33,34)15-5-3-4-13(10-15)23(25,26)27)19-11-14(6-7-16(17)19)29-18-8-9-20(35-2)30-21(18)24;1-22-16(24)14-9-23(15-8-11(18)5-6-13(14)15)27(25,26)12-4-2-3-10(7-12)17(19,20)21;1-12-10(14)8-5-13-9-4-6(11)2-3-7(8)9;10-5-1-2-6-7(9(12)13)4-11-8(6)3-5/h3-12,29H,1-2H3,(H,28,32);2-9H,1H3,(H,22,24);2-5,13H,1H3,(H,12,14);1-4,11H,(H,12,13). The van der Waals surface area contributed by atoms with E-state index in [1.807, 2.05) is 30.3 Å². The van der Waals surface area contributed by atoms with Gasteiger partial charge in [-0.3, -0.25) is 14.4 Å². The second kappa shape index (κ2) is 27.2. The molecule has 0 saturated carbocycles. The molecule has 0 spiro atoms. The molecule has 468 valence electrons. The summed E-state index contributed by atoms with van der Waals surface area (Å²) >= 11 is 16.1. The Morgan fingerprint density at radius 2 is 0.978 bits per heavy atom. The molecule has 90 heavy (non-hydrogen) atoms. The summed E-state index contributed by atoms with van der Waals surface area (Å²) in [6, 6.07) is 30.5. The zero-order valence-corrected chi connectivity index (χ0v) is 53.7. The van der Waals surface area contributed by atoms with Gasteiger partial charge in [0.15, 0.2) is 5.15 Å². The van der Waals surface area contributed by atoms with Crippen LogP contribution in [0.4, 0.5) is 37.7 Å². The molecule has 0 saturated heterocycles. The number of fused-ring (bicyclic) bond motifs is 4. The quantitative estimate of drug-likeness (QED) is 0.0471. The van der Waals surface area contributed by atoms with Crippen LogP contribution in [-0.2, 0) is 32.4 Å². The first-order valence-corrected chi connectivity index (χ1v) is 31.3. The summed E-state index contributed by atoms with van der Waals surface area (Å²) in [6.07, 6.45) is -4.02. The number of aromatic nitrogens is 5. The van der Waals surface area contributed by atoms with E-state index in [1.54, 1.807) is 49.6 Å². The zero-order valence-electron chi connectivity index (χ0n) is 46.6. The van der Waals surface area contributed by atoms with Crippen LogP contribution in [0.3, 0.4) is 0 Å². The summed E-state index contributed by atoms with van der Waals surface area (Å²) in [5.74, 6) is -1.77. The molecule has 5 heterocycles. The largest absolute Gasteiger partial charge is 0.481 e. The zero-order chi connectivity index (χ0) is 65.8. The third-order valence-electron chi connectivity index (χ3n) is 13.2. The highest BCUT2D eigenvalue weighted by Gasteiger charge is 2.34. The molecule has 0 aliphatic heterocycles. The van der Waals surface area contributed by atoms with E-state index in [0.29, 0.717) is 44.5 Å². The van der Waals surface area contributed by atoms with Gasteiger partial charge in [-0.15, -0.1) is 0 Å². The van der Waals surface area contributed by atoms with Crippen molar-refractivity contribution in [3.63, 3.8) is 0 Å². The SMILES string of the molecule is CNC(=O)c1c[nH]c2cc(Br)ccc12.CNC(=O)c1cn(S(=O)(=O)c2cccc(C(F)(F)F)c2)c2cc(Br)ccc12.CNC(=O)c1cn(S(=O)(=O)c2cccc(C(F)(F)F)c2)c2cc(Nc3ccc(OC)nc3Cl)ccc12.O=C(O)c1c[nH]c2cc(Br)ccc12. The number of alkyl halides is 6. The van der Waals surface area contributed by atoms with Crippen LogP contribution in [0, 0.1) is 0 Å². The number of anilines is 2. The number of carbonyl (C=O) groups is 4. The van der Waals surface area contributed by atoms with Crippen molar-refractivity contribution in [2.75, 3.05) is 33.6 Å². The molecule has 11 aromatic rings. The fourth-order valence-electron chi connectivity index (χ4n) is 8.85. The fraction of sp³-hybridized carbons (Fsp3) is 0.102. The van der Waals surface area contributed by atoms with Crippen LogP contribution < -0.4 is 26.0 Å². The predicted octanol–water partition coefficient (Wildman–Crippen LogP) is 14.0. The molecule has 11 rings (SSSR count). The Hall–Kier alpha value is -8.68. The molecule has 0 unspecified atom stereocenters. The normalized spacial score (nSPS) is 11.6. The van der Waals surface area contributed by atoms with Gasteiger partial charge in [-0.1, -0.05) is 89.7 Å². The number of nitrogens with zero attached hydrogens (tertiary/aromatic N) is 3. The monoisotopic (exact) mass is 1490 g/mol. The molecular formula is C59H45Br3ClF6N9O10S2. The van der Waals surface area contributed by atoms with Crippen molar-refractivity contribution in [2.45, 2.75) is 22.1 Å². The molecule has 0 aliphatic carbocycles. The highest BCUT2D eigenvalue weighted by Crippen LogP contribution is 2.37. The lowest BCUT2D eigenvalue weighted by molar-refractivity contribution is -0.138. The van der Waals surface area contributed by atoms with Gasteiger partial charge in [-0.05, 0) is 97.1 Å². The van der Waals surface area contributed by atoms with Crippen LogP contribution in [0.1, 0.15) is 52.6 Å². The third-order valence-corrected chi connectivity index (χ3v) is 18.3. The summed E-state index contributed by atoms with van der Waals surface area (Å²) in [5.41, 5.74) is 1.70. The van der Waals surface area contributed by atoms with Crippen molar-refractivity contribution in [1.29, 1.82) is 0 Å². The number of pyridine rings is 1. The van der Waals surface area contributed by atoms with E-state index < -0.39 is 71.1 Å². The number of aromatic carboxylic acids is 1. The highest BCUT2D eigenvalue weighted by molar-refractivity contribution is 9.11. The number of benzene rings is 6. The van der Waals surface area contributed by atoms with Crippen LogP contribution >= 0.6 is 59.4 Å². The summed E-state index contributed by atoms with van der Waals surface area (Å²) in [7, 11) is -3.06. The molecule has 7 N–H and O–H groups in total. The van der Waals surface area contributed by atoms with Crippen molar-refractivity contribution in [3.8, 4) is 5.88 Å². The molecule has 3 amide bonds. The van der Waals surface area contributed by atoms with Crippen molar-refractivity contribution >= 4 is 158 Å². The van der Waals surface area contributed by atoms with Crippen molar-refractivity contribution in [3.05, 3.63) is 210 Å². The van der Waals surface area contributed by atoms with E-state index in [2.05, 4.69) is 84.0 Å². The number of H-pyrrole nitrogens is 2. The van der Waals surface area contributed by atoms with Gasteiger partial charge in [0.2, 0.25) is 5.88 Å². The molecule has 0 atom stereocenters. The number of hydrogen-bond acceptors (Lipinski definition) is 11. The van der Waals surface area contributed by atoms with Crippen LogP contribution in [0.2, 0.25) is 5.15 Å². The second-order valence-corrected chi connectivity index (χ2v) is 25.5. The maximum Gasteiger partial charge on any atom is 0.416 e. The number of amides is 3. The molecule has 0 fully saturated rings. The summed E-state index contributed by atoms with van der Waals surface area (Å²) < 4.78 is 141. The lowest BCUT2D eigenvalue weighted by atomic mass is 10.1. The molecular weight excluding hydrogens is 1450 g/mol. The van der Waals surface area contributed by atoms with Crippen LogP contribution in [-0.4, -0.2) is 96.8 Å². The molecule has 19 nitrogen and oxygen atoms in total. The van der Waals surface area contributed by atoms with Crippen LogP contribution in [0.15, 0.2) is 181 Å². The Balaban J connectivity index is 0.000000168. The van der Waals surface area contributed by atoms with Gasteiger partial charge in [0.05, 0.1) is 67.0 Å². The van der Waals surface area contributed by atoms with Gasteiger partial charge in [0, 0.05) is 104 Å². The predicted molar refractivity (Wildman–Crippen MR) is 338 cm³/mol. The number of aromatic amines is 2. The van der Waals surface area contributed by atoms with Crippen LogP contribution in [0.5, 0.6) is 5.88 Å². The minimum atomic E-state index is -4.74. The lowest BCUT2D eigenvalue weighted by Crippen LogP contribution is -2.18. The number of ether oxygens (including phenoxy) is 1. The van der Waals surface area contributed by atoms with Crippen molar-refractivity contribution in [1.82, 2.24) is 38.8 Å². The average Bonchev–Trinajstić information content (AvgIpc) is 1.58. The van der Waals surface area contributed by atoms with Gasteiger partial charge in [0.1, 0.15) is 0 Å². The van der Waals surface area contributed by atoms with Crippen LogP contribution in [0.25, 0.3) is 43.6 Å². The first kappa shape index (κ1) is 67.3. The fourth-order valence-corrected chi connectivity index (χ4v) is 12.9. The Morgan fingerprint density at radius 3 is 1.42 bits per heavy atom. The van der Waals surface area contributed by atoms with E-state index in [9.17, 15) is 62.4 Å². The number of carboxylic acid groups (broad SMARTS) is 1. The summed E-state index contributed by atoms with van der Waals surface area (Å²) in [4.78, 5) is 55.6. The van der Waals surface area contributed by atoms with Gasteiger partial charge in [-0.25, -0.2) is 29.6 Å². The smallest absolute Gasteiger partial charge is 0.416 e. The van der Waals surface area contributed by atoms with Gasteiger partial charge in [0.25, 0.3) is 37.8 Å². The first-order chi connectivity index (χ1) is 42.4. The van der Waals surface area contributed by atoms with Gasteiger partial charge < -0.3 is 41.1 Å². The Bertz CT molecular complexity index is 4840.